The van der Waals surface area contributed by atoms with E-state index in [1.165, 1.54) is 23.9 Å². The smallest absolute Gasteiger partial charge is 0.234 e. The fourth-order valence-electron chi connectivity index (χ4n) is 0.990. The molecule has 4 N–H and O–H groups in total. The molecule has 15 heavy (non-hydrogen) atoms. The van der Waals surface area contributed by atoms with Crippen LogP contribution in [0.4, 0.5) is 5.69 Å². The van der Waals surface area contributed by atoms with Crippen molar-refractivity contribution in [2.24, 2.45) is 5.73 Å². The van der Waals surface area contributed by atoms with Gasteiger partial charge in [-0.3, -0.25) is 4.79 Å². The molecule has 1 rings (SSSR count). The third-order valence-electron chi connectivity index (χ3n) is 1.65. The molecule has 0 aromatic heterocycles. The van der Waals surface area contributed by atoms with Crippen LogP contribution >= 0.6 is 11.8 Å². The fraction of sp³-hybridized carbons (Fsp3) is 0.300. The van der Waals surface area contributed by atoms with Crippen LogP contribution in [-0.4, -0.2) is 29.1 Å². The molecule has 1 amide bonds. The van der Waals surface area contributed by atoms with Gasteiger partial charge in [0.2, 0.25) is 5.91 Å². The van der Waals surface area contributed by atoms with Crippen LogP contribution in [0.15, 0.2) is 24.3 Å². The number of hydrogen-bond donors (Lipinski definition) is 3. The molecule has 0 saturated heterocycles. The van der Waals surface area contributed by atoms with E-state index >= 15 is 0 Å². The summed E-state index contributed by atoms with van der Waals surface area (Å²) < 4.78 is 0. The van der Waals surface area contributed by atoms with E-state index in [2.05, 4.69) is 5.32 Å². The van der Waals surface area contributed by atoms with Crippen LogP contribution in [0.25, 0.3) is 0 Å². The van der Waals surface area contributed by atoms with Crippen LogP contribution < -0.4 is 11.1 Å². The molecule has 0 aliphatic heterocycles. The maximum Gasteiger partial charge on any atom is 0.234 e. The molecule has 0 aliphatic rings. The summed E-state index contributed by atoms with van der Waals surface area (Å²) in [4.78, 5) is 11.3. The van der Waals surface area contributed by atoms with Crippen molar-refractivity contribution in [3.63, 3.8) is 0 Å². The zero-order valence-electron chi connectivity index (χ0n) is 8.27. The first-order valence-electron chi connectivity index (χ1n) is 4.59. The van der Waals surface area contributed by atoms with Gasteiger partial charge in [0.05, 0.1) is 5.75 Å². The van der Waals surface area contributed by atoms with E-state index in [0.29, 0.717) is 18.0 Å². The first-order chi connectivity index (χ1) is 7.22. The number of thioether (sulfide) groups is 1. The number of rotatable bonds is 5. The Kier molecular flexibility index (Phi) is 5.00. The molecule has 1 aromatic rings. The van der Waals surface area contributed by atoms with Crippen molar-refractivity contribution in [1.29, 1.82) is 0 Å². The minimum Gasteiger partial charge on any atom is -0.508 e. The minimum absolute atomic E-state index is 0.0564. The Morgan fingerprint density at radius 1 is 1.40 bits per heavy atom. The zero-order chi connectivity index (χ0) is 11.1. The Labute approximate surface area is 92.9 Å². The van der Waals surface area contributed by atoms with Crippen LogP contribution in [0.3, 0.4) is 0 Å². The summed E-state index contributed by atoms with van der Waals surface area (Å²) in [6.07, 6.45) is 0. The van der Waals surface area contributed by atoms with Crippen LogP contribution in [0.2, 0.25) is 0 Å². The molecule has 0 saturated carbocycles. The molecular weight excluding hydrogens is 212 g/mol. The van der Waals surface area contributed by atoms with Crippen LogP contribution in [0.5, 0.6) is 5.75 Å². The summed E-state index contributed by atoms with van der Waals surface area (Å²) in [7, 11) is 0. The van der Waals surface area contributed by atoms with Gasteiger partial charge in [-0.05, 0) is 24.3 Å². The summed E-state index contributed by atoms with van der Waals surface area (Å²) in [5, 5.41) is 11.7. The number of hydrogen-bond acceptors (Lipinski definition) is 4. The Balaban J connectivity index is 2.34. The number of anilines is 1. The molecule has 0 fully saturated rings. The minimum atomic E-state index is -0.0564. The number of nitrogens with two attached hydrogens (primary N) is 1. The average Bonchev–Trinajstić information content (AvgIpc) is 2.22. The lowest BCUT2D eigenvalue weighted by molar-refractivity contribution is -0.113. The van der Waals surface area contributed by atoms with Crippen molar-refractivity contribution in [3.05, 3.63) is 24.3 Å². The van der Waals surface area contributed by atoms with Crippen LogP contribution in [0, 0.1) is 0 Å². The van der Waals surface area contributed by atoms with E-state index in [-0.39, 0.29) is 11.7 Å². The number of carbonyl (C=O) groups is 1. The number of phenols is 1. The summed E-state index contributed by atoms with van der Waals surface area (Å²) in [6, 6.07) is 6.37. The molecule has 0 heterocycles. The fourth-order valence-corrected chi connectivity index (χ4v) is 1.56. The topological polar surface area (TPSA) is 75.4 Å². The lowest BCUT2D eigenvalue weighted by Crippen LogP contribution is -2.15. The van der Waals surface area contributed by atoms with Gasteiger partial charge in [0.25, 0.3) is 0 Å². The van der Waals surface area contributed by atoms with E-state index < -0.39 is 0 Å². The number of benzene rings is 1. The quantitative estimate of drug-likeness (QED) is 0.517. The normalized spacial score (nSPS) is 9.93. The van der Waals surface area contributed by atoms with Crippen molar-refractivity contribution in [3.8, 4) is 5.75 Å². The van der Waals surface area contributed by atoms with E-state index in [0.717, 1.165) is 5.75 Å². The third-order valence-corrected chi connectivity index (χ3v) is 2.64. The molecule has 5 heteroatoms. The lowest BCUT2D eigenvalue weighted by Gasteiger charge is -2.04. The highest BCUT2D eigenvalue weighted by Crippen LogP contribution is 2.13. The highest BCUT2D eigenvalue weighted by atomic mass is 32.2. The van der Waals surface area contributed by atoms with Gasteiger partial charge in [-0.25, -0.2) is 0 Å². The highest BCUT2D eigenvalue weighted by molar-refractivity contribution is 7.99. The Hall–Kier alpha value is -1.20. The van der Waals surface area contributed by atoms with E-state index in [4.69, 9.17) is 10.8 Å². The van der Waals surface area contributed by atoms with Gasteiger partial charge in [-0.2, -0.15) is 11.8 Å². The summed E-state index contributed by atoms with van der Waals surface area (Å²) in [6.45, 7) is 0.581. The monoisotopic (exact) mass is 226 g/mol. The number of amides is 1. The molecule has 0 unspecified atom stereocenters. The standard InChI is InChI=1S/C10H14N2O2S/c11-5-6-15-7-10(14)12-8-1-3-9(13)4-2-8/h1-4,13H,5-7,11H2,(H,12,14). The Bertz CT molecular complexity index is 314. The van der Waals surface area contributed by atoms with Gasteiger partial charge in [0, 0.05) is 18.0 Å². The van der Waals surface area contributed by atoms with Crippen molar-refractivity contribution in [2.45, 2.75) is 0 Å². The van der Waals surface area contributed by atoms with E-state index in [1.54, 1.807) is 12.1 Å². The second-order valence-corrected chi connectivity index (χ2v) is 4.04. The summed E-state index contributed by atoms with van der Waals surface area (Å²) >= 11 is 1.50. The SMILES string of the molecule is NCCSCC(=O)Nc1ccc(O)cc1. The Morgan fingerprint density at radius 3 is 2.67 bits per heavy atom. The molecule has 0 spiro atoms. The second kappa shape index (κ2) is 6.31. The number of carbonyl (C=O) groups excluding carboxylic acids is 1. The molecule has 0 radical (unpaired) electrons. The number of nitrogens with one attached hydrogen (secondary N) is 1. The van der Waals surface area contributed by atoms with E-state index in [1.807, 2.05) is 0 Å². The number of phenolic OH excluding ortho intramolecular Hbond substituents is 1. The molecule has 0 bridgehead atoms. The van der Waals surface area contributed by atoms with E-state index in [9.17, 15) is 4.79 Å². The molecule has 0 aliphatic carbocycles. The predicted molar refractivity (Wildman–Crippen MR) is 63.1 cm³/mol. The summed E-state index contributed by atoms with van der Waals surface area (Å²) in [5.74, 6) is 1.31. The largest absolute Gasteiger partial charge is 0.508 e. The van der Waals surface area contributed by atoms with Crippen molar-refractivity contribution in [2.75, 3.05) is 23.4 Å². The maximum absolute atomic E-state index is 11.3. The molecule has 82 valence electrons. The van der Waals surface area contributed by atoms with Gasteiger partial charge in [-0.1, -0.05) is 0 Å². The Morgan fingerprint density at radius 2 is 2.07 bits per heavy atom. The summed E-state index contributed by atoms with van der Waals surface area (Å²) in [5.41, 5.74) is 5.99. The van der Waals surface area contributed by atoms with Gasteiger partial charge in [0.15, 0.2) is 0 Å². The van der Waals surface area contributed by atoms with Crippen molar-refractivity contribution < 1.29 is 9.90 Å². The van der Waals surface area contributed by atoms with Gasteiger partial charge >= 0.3 is 0 Å². The number of aromatic hydroxyl groups is 1. The highest BCUT2D eigenvalue weighted by Gasteiger charge is 2.01. The maximum atomic E-state index is 11.3. The van der Waals surface area contributed by atoms with Gasteiger partial charge in [0.1, 0.15) is 5.75 Å². The van der Waals surface area contributed by atoms with Gasteiger partial charge < -0.3 is 16.2 Å². The van der Waals surface area contributed by atoms with Crippen LogP contribution in [-0.2, 0) is 4.79 Å². The average molecular weight is 226 g/mol. The van der Waals surface area contributed by atoms with Crippen molar-refractivity contribution in [1.82, 2.24) is 0 Å². The first kappa shape index (κ1) is 11.9. The molecule has 4 nitrogen and oxygen atoms in total. The van der Waals surface area contributed by atoms with Crippen LogP contribution in [0.1, 0.15) is 0 Å². The molecule has 1 aromatic carbocycles. The zero-order valence-corrected chi connectivity index (χ0v) is 9.09. The van der Waals surface area contributed by atoms with Crippen molar-refractivity contribution >= 4 is 23.4 Å². The molecular formula is C10H14N2O2S. The lowest BCUT2D eigenvalue weighted by atomic mass is 10.3. The predicted octanol–water partition coefficient (Wildman–Crippen LogP) is 1.02. The second-order valence-electron chi connectivity index (χ2n) is 2.94. The molecule has 0 atom stereocenters. The first-order valence-corrected chi connectivity index (χ1v) is 5.74. The van der Waals surface area contributed by atoms with Gasteiger partial charge in [-0.15, -0.1) is 0 Å². The third kappa shape index (κ3) is 4.71.